The van der Waals surface area contributed by atoms with Gasteiger partial charge in [0.05, 0.1) is 16.6 Å². The third-order valence-electron chi connectivity index (χ3n) is 6.02. The second kappa shape index (κ2) is 5.46. The molecular weight excluding hydrogens is 322 g/mol. The zero-order valence-electron chi connectivity index (χ0n) is 15.3. The van der Waals surface area contributed by atoms with Gasteiger partial charge in [-0.05, 0) is 41.5 Å². The van der Waals surface area contributed by atoms with Crippen molar-refractivity contribution in [2.45, 2.75) is 32.1 Å². The molecule has 0 saturated carbocycles. The molecule has 0 radical (unpaired) electrons. The summed E-state index contributed by atoms with van der Waals surface area (Å²) in [5.74, 6) is 1.26. The van der Waals surface area contributed by atoms with Gasteiger partial charge in [0, 0.05) is 26.2 Å². The fourth-order valence-electron chi connectivity index (χ4n) is 4.78. The van der Waals surface area contributed by atoms with E-state index >= 15 is 0 Å². The summed E-state index contributed by atoms with van der Waals surface area (Å²) in [6.45, 7) is 8.49. The Kier molecular flexibility index (Phi) is 3.29. The number of nitrogens with zero attached hydrogens (tertiary/aromatic N) is 4. The molecule has 3 aromatic rings. The van der Waals surface area contributed by atoms with E-state index in [1.165, 1.54) is 16.9 Å². The third kappa shape index (κ3) is 2.02. The molecule has 2 aromatic heterocycles. The van der Waals surface area contributed by atoms with Gasteiger partial charge < -0.3 is 10.2 Å². The number of rotatable bonds is 1. The number of nitriles is 1. The SMILES string of the molecule is CC1(C)CCc2c1c(C#N)c1nc3ccccc3n1c2N1CCNCC1. The molecule has 0 unspecified atom stereocenters. The van der Waals surface area contributed by atoms with E-state index in [4.69, 9.17) is 4.98 Å². The molecule has 132 valence electrons. The summed E-state index contributed by atoms with van der Waals surface area (Å²) in [7, 11) is 0. The lowest BCUT2D eigenvalue weighted by atomic mass is 9.84. The number of pyridine rings is 1. The topological polar surface area (TPSA) is 56.4 Å². The molecule has 5 rings (SSSR count). The van der Waals surface area contributed by atoms with E-state index in [0.717, 1.165) is 61.3 Å². The molecule has 0 atom stereocenters. The molecule has 1 N–H and O–H groups in total. The monoisotopic (exact) mass is 345 g/mol. The second-order valence-electron chi connectivity index (χ2n) is 8.04. The Labute approximate surface area is 153 Å². The first-order valence-corrected chi connectivity index (χ1v) is 9.44. The Balaban J connectivity index is 1.96. The molecular formula is C21H23N5. The van der Waals surface area contributed by atoms with Crippen LogP contribution in [-0.2, 0) is 11.8 Å². The van der Waals surface area contributed by atoms with Gasteiger partial charge in [0.25, 0.3) is 0 Å². The molecule has 0 bridgehead atoms. The van der Waals surface area contributed by atoms with Crippen molar-refractivity contribution in [2.75, 3.05) is 31.1 Å². The summed E-state index contributed by atoms with van der Waals surface area (Å²) < 4.78 is 2.25. The van der Waals surface area contributed by atoms with Crippen LogP contribution in [-0.4, -0.2) is 35.6 Å². The number of fused-ring (bicyclic) bond motifs is 4. The third-order valence-corrected chi connectivity index (χ3v) is 6.02. The smallest absolute Gasteiger partial charge is 0.157 e. The molecule has 0 spiro atoms. The number of hydrogen-bond acceptors (Lipinski definition) is 4. The van der Waals surface area contributed by atoms with Crippen LogP contribution in [0.25, 0.3) is 16.7 Å². The average Bonchev–Trinajstić information content (AvgIpc) is 3.19. The lowest BCUT2D eigenvalue weighted by Gasteiger charge is -2.33. The molecule has 1 aliphatic carbocycles. The number of hydrogen-bond donors (Lipinski definition) is 1. The van der Waals surface area contributed by atoms with Gasteiger partial charge in [0.1, 0.15) is 11.9 Å². The van der Waals surface area contributed by atoms with Gasteiger partial charge in [-0.25, -0.2) is 4.98 Å². The highest BCUT2D eigenvalue weighted by atomic mass is 15.3. The van der Waals surface area contributed by atoms with Crippen LogP contribution >= 0.6 is 0 Å². The summed E-state index contributed by atoms with van der Waals surface area (Å²) in [6.07, 6.45) is 2.11. The molecule has 1 saturated heterocycles. The van der Waals surface area contributed by atoms with Crippen molar-refractivity contribution >= 4 is 22.5 Å². The Morgan fingerprint density at radius 2 is 1.96 bits per heavy atom. The Bertz CT molecular complexity index is 1060. The van der Waals surface area contributed by atoms with E-state index in [1.807, 2.05) is 12.1 Å². The van der Waals surface area contributed by atoms with Crippen molar-refractivity contribution < 1.29 is 0 Å². The van der Waals surface area contributed by atoms with Crippen LogP contribution in [0.5, 0.6) is 0 Å². The van der Waals surface area contributed by atoms with E-state index in [0.29, 0.717) is 0 Å². The first kappa shape index (κ1) is 15.7. The predicted octanol–water partition coefficient (Wildman–Crippen LogP) is 2.99. The maximum atomic E-state index is 10.0. The highest BCUT2D eigenvalue weighted by molar-refractivity contribution is 5.87. The fraction of sp³-hybridized carbons (Fsp3) is 0.429. The molecule has 1 aliphatic heterocycles. The van der Waals surface area contributed by atoms with E-state index in [2.05, 4.69) is 46.7 Å². The van der Waals surface area contributed by atoms with E-state index < -0.39 is 0 Å². The number of anilines is 1. The van der Waals surface area contributed by atoms with Gasteiger partial charge in [-0.15, -0.1) is 0 Å². The van der Waals surface area contributed by atoms with Gasteiger partial charge >= 0.3 is 0 Å². The van der Waals surface area contributed by atoms with Crippen LogP contribution in [0.2, 0.25) is 0 Å². The minimum atomic E-state index is 0.0169. The summed E-state index contributed by atoms with van der Waals surface area (Å²) in [5, 5.41) is 13.5. The first-order valence-electron chi connectivity index (χ1n) is 9.44. The highest BCUT2D eigenvalue weighted by Crippen LogP contribution is 2.46. The van der Waals surface area contributed by atoms with Crippen LogP contribution in [0, 0.1) is 11.3 Å². The first-order chi connectivity index (χ1) is 12.6. The molecule has 3 heterocycles. The van der Waals surface area contributed by atoms with Crippen LogP contribution in [0.3, 0.4) is 0 Å². The van der Waals surface area contributed by atoms with E-state index in [9.17, 15) is 5.26 Å². The van der Waals surface area contributed by atoms with Crippen molar-refractivity contribution in [3.63, 3.8) is 0 Å². The fourth-order valence-corrected chi connectivity index (χ4v) is 4.78. The summed E-state index contributed by atoms with van der Waals surface area (Å²) in [5.41, 5.74) is 6.22. The van der Waals surface area contributed by atoms with Crippen molar-refractivity contribution in [1.82, 2.24) is 14.7 Å². The molecule has 5 nitrogen and oxygen atoms in total. The van der Waals surface area contributed by atoms with Gasteiger partial charge in [0.2, 0.25) is 0 Å². The van der Waals surface area contributed by atoms with Crippen molar-refractivity contribution in [3.8, 4) is 6.07 Å². The van der Waals surface area contributed by atoms with Crippen molar-refractivity contribution in [1.29, 1.82) is 5.26 Å². The van der Waals surface area contributed by atoms with E-state index in [1.54, 1.807) is 0 Å². The molecule has 26 heavy (non-hydrogen) atoms. The van der Waals surface area contributed by atoms with Crippen molar-refractivity contribution in [2.24, 2.45) is 0 Å². The lowest BCUT2D eigenvalue weighted by molar-refractivity contribution is 0.521. The number of benzene rings is 1. The predicted molar refractivity (Wildman–Crippen MR) is 104 cm³/mol. The summed E-state index contributed by atoms with van der Waals surface area (Å²) in [6, 6.07) is 10.7. The zero-order valence-corrected chi connectivity index (χ0v) is 15.3. The quantitative estimate of drug-likeness (QED) is 0.737. The van der Waals surface area contributed by atoms with Gasteiger partial charge in [0.15, 0.2) is 5.65 Å². The minimum absolute atomic E-state index is 0.0169. The Hall–Kier alpha value is -2.58. The Morgan fingerprint density at radius 1 is 1.19 bits per heavy atom. The van der Waals surface area contributed by atoms with Crippen LogP contribution < -0.4 is 10.2 Å². The average molecular weight is 345 g/mol. The molecule has 2 aliphatic rings. The molecule has 5 heteroatoms. The molecule has 0 amide bonds. The van der Waals surface area contributed by atoms with Crippen LogP contribution in [0.4, 0.5) is 5.82 Å². The number of para-hydroxylation sites is 2. The lowest BCUT2D eigenvalue weighted by Crippen LogP contribution is -2.44. The van der Waals surface area contributed by atoms with Crippen molar-refractivity contribution in [3.05, 3.63) is 41.0 Å². The molecule has 1 aromatic carbocycles. The number of piperazine rings is 1. The maximum Gasteiger partial charge on any atom is 0.157 e. The maximum absolute atomic E-state index is 10.0. The summed E-state index contributed by atoms with van der Waals surface area (Å²) in [4.78, 5) is 7.37. The van der Waals surface area contributed by atoms with E-state index in [-0.39, 0.29) is 5.41 Å². The van der Waals surface area contributed by atoms with Crippen LogP contribution in [0.15, 0.2) is 24.3 Å². The second-order valence-corrected chi connectivity index (χ2v) is 8.04. The van der Waals surface area contributed by atoms with Gasteiger partial charge in [-0.2, -0.15) is 5.26 Å². The highest BCUT2D eigenvalue weighted by Gasteiger charge is 2.38. The number of nitrogens with one attached hydrogen (secondary N) is 1. The minimum Gasteiger partial charge on any atom is -0.355 e. The zero-order chi connectivity index (χ0) is 17.9. The normalized spacial score (nSPS) is 19.0. The standard InChI is InChI=1S/C21H23N5/c1-21(2)8-7-14-18(21)15(13-22)19-24-16-5-3-4-6-17(16)26(19)20(14)25-11-9-23-10-12-25/h3-6,23H,7-12H2,1-2H3. The van der Waals surface area contributed by atoms with Crippen LogP contribution in [0.1, 0.15) is 37.0 Å². The largest absolute Gasteiger partial charge is 0.355 e. The molecule has 1 fully saturated rings. The van der Waals surface area contributed by atoms with Gasteiger partial charge in [-0.3, -0.25) is 4.40 Å². The number of aromatic nitrogens is 2. The Morgan fingerprint density at radius 3 is 2.73 bits per heavy atom. The van der Waals surface area contributed by atoms with Gasteiger partial charge in [-0.1, -0.05) is 26.0 Å². The number of imidazole rings is 1. The summed E-state index contributed by atoms with van der Waals surface area (Å²) >= 11 is 0.